The molecule has 0 aliphatic rings. The fourth-order valence-corrected chi connectivity index (χ4v) is 0. The van der Waals surface area contributed by atoms with Crippen molar-refractivity contribution in [3.63, 3.8) is 0 Å². The van der Waals surface area contributed by atoms with Gasteiger partial charge in [-0.25, -0.2) is 0 Å². The van der Waals surface area contributed by atoms with Crippen LogP contribution in [0, 0.1) is 0 Å². The van der Waals surface area contributed by atoms with Crippen LogP contribution >= 0.6 is 0 Å². The first kappa shape index (κ1) is 45.0. The van der Waals surface area contributed by atoms with E-state index in [0.29, 0.717) is 0 Å². The number of aliphatic hydroxyl groups is 1. The van der Waals surface area contributed by atoms with E-state index in [1.165, 1.54) is 0 Å². The Hall–Kier alpha value is 0.646. The molecule has 0 heterocycles. The van der Waals surface area contributed by atoms with Gasteiger partial charge in [-0.15, -0.1) is 0 Å². The zero-order valence-corrected chi connectivity index (χ0v) is 4.46. The molecule has 0 bridgehead atoms. The minimum absolute atomic E-state index is 0. The van der Waals surface area contributed by atoms with Crippen LogP contribution in [-0.4, -0.2) is 46.2 Å². The molecule has 0 aliphatic heterocycles. The Bertz CT molecular complexity index is 6.85. The minimum Gasteiger partial charge on any atom is -0.870 e. The summed E-state index contributed by atoms with van der Waals surface area (Å²) in [7, 11) is 1.00. The monoisotopic (exact) mass is 90.0 g/mol. The summed E-state index contributed by atoms with van der Waals surface area (Å²) in [5.74, 6) is 0. The summed E-state index contributed by atoms with van der Waals surface area (Å²) in [6.07, 6.45) is 0. The van der Waals surface area contributed by atoms with Crippen molar-refractivity contribution in [2.75, 3.05) is 7.11 Å². The van der Waals surface area contributed by atoms with Gasteiger partial charge in [-0.05, 0) is 0 Å². The van der Waals surface area contributed by atoms with Gasteiger partial charge in [0.25, 0.3) is 0 Å². The SMILES string of the molecule is CO.[Mg+2].[OH-].[OH-]. The number of aliphatic hydroxyl groups excluding tert-OH is 1. The van der Waals surface area contributed by atoms with E-state index in [2.05, 4.69) is 0 Å². The molecular weight excluding hydrogens is 84.3 g/mol. The van der Waals surface area contributed by atoms with Crippen LogP contribution in [0.25, 0.3) is 0 Å². The molecule has 0 fully saturated rings. The summed E-state index contributed by atoms with van der Waals surface area (Å²) in [6.45, 7) is 0. The van der Waals surface area contributed by atoms with Crippen LogP contribution in [0.1, 0.15) is 0 Å². The maximum absolute atomic E-state index is 7.00. The minimum atomic E-state index is 0. The Morgan fingerprint density at radius 1 is 1.00 bits per heavy atom. The van der Waals surface area contributed by atoms with Crippen molar-refractivity contribution in [3.05, 3.63) is 0 Å². The van der Waals surface area contributed by atoms with Crippen molar-refractivity contribution < 1.29 is 16.1 Å². The molecule has 3 nitrogen and oxygen atoms in total. The summed E-state index contributed by atoms with van der Waals surface area (Å²) in [4.78, 5) is 0. The van der Waals surface area contributed by atoms with Gasteiger partial charge in [0, 0.05) is 7.11 Å². The van der Waals surface area contributed by atoms with Crippen LogP contribution in [0.3, 0.4) is 0 Å². The Morgan fingerprint density at radius 2 is 1.00 bits per heavy atom. The molecule has 0 atom stereocenters. The first-order chi connectivity index (χ1) is 1.00. The van der Waals surface area contributed by atoms with Gasteiger partial charge in [-0.3, -0.25) is 0 Å². The molecule has 0 aliphatic carbocycles. The van der Waals surface area contributed by atoms with Crippen LogP contribution in [0.5, 0.6) is 0 Å². The average Bonchev–Trinajstić information content (AvgIpc) is 1.00. The predicted octanol–water partition coefficient (Wildman–Crippen LogP) is -1.13. The standard InChI is InChI=1S/CH4O.Mg.2H2O/c1-2;;;/h2H,1H3;;2*1H2/q;+2;;/p-2. The van der Waals surface area contributed by atoms with Crippen molar-refractivity contribution in [1.82, 2.24) is 0 Å². The molecule has 0 spiro atoms. The molecule has 3 N–H and O–H groups in total. The molecule has 0 saturated heterocycles. The fourth-order valence-electron chi connectivity index (χ4n) is 0. The molecule has 0 amide bonds. The fraction of sp³-hybridized carbons (Fsp3) is 1.00. The van der Waals surface area contributed by atoms with E-state index in [-0.39, 0.29) is 34.0 Å². The van der Waals surface area contributed by atoms with Crippen LogP contribution < -0.4 is 0 Å². The molecule has 0 unspecified atom stereocenters. The van der Waals surface area contributed by atoms with Crippen LogP contribution in [-0.2, 0) is 0 Å². The topological polar surface area (TPSA) is 80.2 Å². The van der Waals surface area contributed by atoms with Crippen molar-refractivity contribution in [2.45, 2.75) is 0 Å². The van der Waals surface area contributed by atoms with Crippen molar-refractivity contribution in [1.29, 1.82) is 0 Å². The maximum Gasteiger partial charge on any atom is 2.00 e. The van der Waals surface area contributed by atoms with E-state index in [1.54, 1.807) is 0 Å². The molecule has 0 aromatic heterocycles. The first-order valence-corrected chi connectivity index (χ1v) is 0.447. The molecular formula is CH6MgO3. The first-order valence-electron chi connectivity index (χ1n) is 0.447. The van der Waals surface area contributed by atoms with E-state index in [1.807, 2.05) is 0 Å². The predicted molar refractivity (Wildman–Crippen MR) is 17.8 cm³/mol. The largest absolute Gasteiger partial charge is 2.00 e. The van der Waals surface area contributed by atoms with Gasteiger partial charge >= 0.3 is 23.1 Å². The average molecular weight is 90.4 g/mol. The third-order valence-electron chi connectivity index (χ3n) is 0. The summed E-state index contributed by atoms with van der Waals surface area (Å²) >= 11 is 0. The Labute approximate surface area is 46.8 Å². The van der Waals surface area contributed by atoms with Gasteiger partial charge in [-0.2, -0.15) is 0 Å². The molecule has 5 heavy (non-hydrogen) atoms. The van der Waals surface area contributed by atoms with Crippen LogP contribution in [0.15, 0.2) is 0 Å². The number of hydrogen-bond acceptors (Lipinski definition) is 3. The van der Waals surface area contributed by atoms with Crippen molar-refractivity contribution in [2.24, 2.45) is 0 Å². The summed E-state index contributed by atoms with van der Waals surface area (Å²) in [5, 5.41) is 7.00. The maximum atomic E-state index is 7.00. The quantitative estimate of drug-likeness (QED) is 0.382. The molecule has 0 aromatic carbocycles. The Morgan fingerprint density at radius 3 is 1.00 bits per heavy atom. The van der Waals surface area contributed by atoms with E-state index in [0.717, 1.165) is 7.11 Å². The summed E-state index contributed by atoms with van der Waals surface area (Å²) < 4.78 is 0. The van der Waals surface area contributed by atoms with E-state index in [9.17, 15) is 0 Å². The second-order valence-corrected chi connectivity index (χ2v) is 0. The zero-order chi connectivity index (χ0) is 2.00. The van der Waals surface area contributed by atoms with Crippen LogP contribution in [0.2, 0.25) is 0 Å². The van der Waals surface area contributed by atoms with Crippen molar-refractivity contribution >= 4 is 23.1 Å². The van der Waals surface area contributed by atoms with Gasteiger partial charge in [0.2, 0.25) is 0 Å². The third-order valence-corrected chi connectivity index (χ3v) is 0. The molecule has 0 radical (unpaired) electrons. The zero-order valence-electron chi connectivity index (χ0n) is 3.05. The van der Waals surface area contributed by atoms with Gasteiger partial charge in [0.15, 0.2) is 0 Å². The molecule has 0 rings (SSSR count). The summed E-state index contributed by atoms with van der Waals surface area (Å²) in [5.41, 5.74) is 0. The normalized spacial score (nSPS) is 1.20. The second kappa shape index (κ2) is 148. The smallest absolute Gasteiger partial charge is 0.870 e. The number of rotatable bonds is 0. The molecule has 4 heteroatoms. The molecule has 0 saturated carbocycles. The van der Waals surface area contributed by atoms with Gasteiger partial charge < -0.3 is 16.1 Å². The number of hydrogen-bond donors (Lipinski definition) is 1. The van der Waals surface area contributed by atoms with Crippen molar-refractivity contribution in [3.8, 4) is 0 Å². The molecule has 30 valence electrons. The van der Waals surface area contributed by atoms with E-state index >= 15 is 0 Å². The third kappa shape index (κ3) is 77.9. The molecule has 0 aromatic rings. The van der Waals surface area contributed by atoms with E-state index < -0.39 is 0 Å². The van der Waals surface area contributed by atoms with Gasteiger partial charge in [-0.1, -0.05) is 0 Å². The van der Waals surface area contributed by atoms with Gasteiger partial charge in [0.1, 0.15) is 0 Å². The Balaban J connectivity index is -0.00000000167. The van der Waals surface area contributed by atoms with Crippen LogP contribution in [0.4, 0.5) is 0 Å². The summed E-state index contributed by atoms with van der Waals surface area (Å²) in [6, 6.07) is 0. The Kier molecular flexibility index (Phi) is 1330. The second-order valence-electron chi connectivity index (χ2n) is 0. The van der Waals surface area contributed by atoms with Gasteiger partial charge in [0.05, 0.1) is 0 Å². The van der Waals surface area contributed by atoms with E-state index in [4.69, 9.17) is 5.11 Å².